The van der Waals surface area contributed by atoms with Gasteiger partial charge in [-0.1, -0.05) is 57.2 Å². The zero-order valence-corrected chi connectivity index (χ0v) is 13.0. The van der Waals surface area contributed by atoms with E-state index in [0.717, 1.165) is 12.1 Å². The van der Waals surface area contributed by atoms with Gasteiger partial charge in [0, 0.05) is 6.20 Å². The van der Waals surface area contributed by atoms with Gasteiger partial charge in [-0.3, -0.25) is 4.98 Å². The van der Waals surface area contributed by atoms with Crippen LogP contribution in [-0.2, 0) is 0 Å². The Morgan fingerprint density at radius 3 is 2.75 bits per heavy atom. The number of nitrogens with zero attached hydrogens (tertiary/aromatic N) is 1. The number of hydrogen-bond donors (Lipinski definition) is 0. The first-order valence-corrected chi connectivity index (χ1v) is 7.51. The minimum Gasteiger partial charge on any atom is -0.257 e. The summed E-state index contributed by atoms with van der Waals surface area (Å²) in [6.07, 6.45) is 14.2. The molecular formula is C19H25N. The van der Waals surface area contributed by atoms with E-state index < -0.39 is 0 Å². The number of allylic oxidation sites excluding steroid dienone is 6. The van der Waals surface area contributed by atoms with E-state index >= 15 is 0 Å². The lowest BCUT2D eigenvalue weighted by Crippen LogP contribution is -2.32. The third kappa shape index (κ3) is 2.77. The van der Waals surface area contributed by atoms with E-state index in [1.54, 1.807) is 0 Å². The molecule has 20 heavy (non-hydrogen) atoms. The van der Waals surface area contributed by atoms with E-state index in [1.165, 1.54) is 5.57 Å². The minimum atomic E-state index is 0.156. The third-order valence-corrected chi connectivity index (χ3v) is 4.64. The summed E-state index contributed by atoms with van der Waals surface area (Å²) in [4.78, 5) is 4.56. The number of pyridine rings is 1. The zero-order valence-electron chi connectivity index (χ0n) is 13.0. The maximum atomic E-state index is 4.56. The first-order chi connectivity index (χ1) is 9.59. The van der Waals surface area contributed by atoms with Crippen molar-refractivity contribution in [3.05, 3.63) is 60.5 Å². The zero-order chi connectivity index (χ0) is 14.6. The van der Waals surface area contributed by atoms with Gasteiger partial charge in [-0.05, 0) is 48.3 Å². The lowest BCUT2D eigenvalue weighted by atomic mass is 9.63. The van der Waals surface area contributed by atoms with E-state index in [-0.39, 0.29) is 5.41 Å². The number of aromatic nitrogens is 1. The summed E-state index contributed by atoms with van der Waals surface area (Å²) in [6.45, 7) is 9.12. The van der Waals surface area contributed by atoms with Gasteiger partial charge in [0.25, 0.3) is 0 Å². The fourth-order valence-corrected chi connectivity index (χ4v) is 3.09. The third-order valence-electron chi connectivity index (χ3n) is 4.64. The molecule has 0 amide bonds. The Balaban J connectivity index is 2.45. The Labute approximate surface area is 123 Å². The Bertz CT molecular complexity index is 522. The molecule has 1 nitrogen and oxygen atoms in total. The van der Waals surface area contributed by atoms with Crippen LogP contribution in [-0.4, -0.2) is 4.98 Å². The van der Waals surface area contributed by atoms with E-state index in [4.69, 9.17) is 0 Å². The largest absolute Gasteiger partial charge is 0.257 e. The van der Waals surface area contributed by atoms with Gasteiger partial charge in [0.05, 0.1) is 5.69 Å². The monoisotopic (exact) mass is 267 g/mol. The van der Waals surface area contributed by atoms with Crippen LogP contribution in [0.25, 0.3) is 5.57 Å². The van der Waals surface area contributed by atoms with Crippen molar-refractivity contribution in [3.8, 4) is 0 Å². The second-order valence-corrected chi connectivity index (χ2v) is 6.07. The molecule has 2 unspecified atom stereocenters. The molecule has 1 heterocycles. The average Bonchev–Trinajstić information content (AvgIpc) is 2.48. The molecule has 1 aliphatic carbocycles. The fraction of sp³-hybridized carbons (Fsp3) is 0.421. The van der Waals surface area contributed by atoms with Gasteiger partial charge in [0.15, 0.2) is 0 Å². The molecule has 1 aliphatic rings. The van der Waals surface area contributed by atoms with Crippen molar-refractivity contribution in [3.63, 3.8) is 0 Å². The van der Waals surface area contributed by atoms with E-state index in [0.29, 0.717) is 11.8 Å². The molecule has 1 heteroatoms. The molecule has 0 fully saturated rings. The van der Waals surface area contributed by atoms with Crippen LogP contribution in [0.15, 0.2) is 54.8 Å². The normalized spacial score (nSPS) is 22.1. The lowest BCUT2D eigenvalue weighted by Gasteiger charge is -2.41. The lowest BCUT2D eigenvalue weighted by molar-refractivity contribution is 0.221. The summed E-state index contributed by atoms with van der Waals surface area (Å²) >= 11 is 0. The Morgan fingerprint density at radius 2 is 2.15 bits per heavy atom. The molecule has 0 saturated heterocycles. The van der Waals surface area contributed by atoms with E-state index in [2.05, 4.69) is 75.2 Å². The quantitative estimate of drug-likeness (QED) is 0.676. The molecule has 106 valence electrons. The van der Waals surface area contributed by atoms with Gasteiger partial charge in [0.2, 0.25) is 0 Å². The van der Waals surface area contributed by atoms with Gasteiger partial charge in [-0.2, -0.15) is 0 Å². The molecule has 0 N–H and O–H groups in total. The Morgan fingerprint density at radius 1 is 1.35 bits per heavy atom. The highest BCUT2D eigenvalue weighted by atomic mass is 14.7. The van der Waals surface area contributed by atoms with Crippen molar-refractivity contribution in [1.82, 2.24) is 4.98 Å². The summed E-state index contributed by atoms with van der Waals surface area (Å²) in [7, 11) is 0. The second kappa shape index (κ2) is 6.21. The standard InChI is InChI=1S/C19H25N/c1-5-13-19(4,15(2)3)17-11-7-6-10-16(17)18-12-8-9-14-20-18/h5-10,12-15,17H,11H2,1-4H3. The highest BCUT2D eigenvalue weighted by Gasteiger charge is 2.37. The van der Waals surface area contributed by atoms with Crippen LogP contribution in [0, 0.1) is 17.3 Å². The predicted octanol–water partition coefficient (Wildman–Crippen LogP) is 5.28. The molecule has 1 aromatic rings. The summed E-state index contributed by atoms with van der Waals surface area (Å²) in [5.41, 5.74) is 2.63. The highest BCUT2D eigenvalue weighted by molar-refractivity contribution is 5.68. The van der Waals surface area contributed by atoms with Crippen LogP contribution in [0.2, 0.25) is 0 Å². The van der Waals surface area contributed by atoms with Crippen LogP contribution in [0.5, 0.6) is 0 Å². The van der Waals surface area contributed by atoms with Gasteiger partial charge < -0.3 is 0 Å². The topological polar surface area (TPSA) is 12.9 Å². The summed E-state index contributed by atoms with van der Waals surface area (Å²) in [5.74, 6) is 1.07. The molecule has 1 aromatic heterocycles. The van der Waals surface area contributed by atoms with E-state index in [9.17, 15) is 0 Å². The van der Waals surface area contributed by atoms with Crippen molar-refractivity contribution in [2.24, 2.45) is 17.3 Å². The highest BCUT2D eigenvalue weighted by Crippen LogP contribution is 2.47. The Kier molecular flexibility index (Phi) is 4.59. The van der Waals surface area contributed by atoms with Crippen LogP contribution < -0.4 is 0 Å². The molecular weight excluding hydrogens is 242 g/mol. The predicted molar refractivity (Wildman–Crippen MR) is 87.2 cm³/mol. The number of rotatable bonds is 4. The molecule has 0 spiro atoms. The Hall–Kier alpha value is -1.63. The van der Waals surface area contributed by atoms with E-state index in [1.807, 2.05) is 12.3 Å². The molecule has 2 atom stereocenters. The first kappa shape index (κ1) is 14.8. The molecule has 0 radical (unpaired) electrons. The molecule has 0 aromatic carbocycles. The summed E-state index contributed by atoms with van der Waals surface area (Å²) < 4.78 is 0. The van der Waals surface area contributed by atoms with Crippen LogP contribution in [0.4, 0.5) is 0 Å². The maximum Gasteiger partial charge on any atom is 0.0664 e. The number of hydrogen-bond acceptors (Lipinski definition) is 1. The fourth-order valence-electron chi connectivity index (χ4n) is 3.09. The van der Waals surface area contributed by atoms with Crippen LogP contribution >= 0.6 is 0 Å². The van der Waals surface area contributed by atoms with Gasteiger partial charge >= 0.3 is 0 Å². The minimum absolute atomic E-state index is 0.156. The SMILES string of the molecule is CC=CC(C)(C(C)C)C1CC=CC=C1c1ccccn1. The van der Waals surface area contributed by atoms with Crippen molar-refractivity contribution >= 4 is 5.57 Å². The summed E-state index contributed by atoms with van der Waals surface area (Å²) in [6, 6.07) is 6.17. The molecule has 0 bridgehead atoms. The van der Waals surface area contributed by atoms with Crippen molar-refractivity contribution in [1.29, 1.82) is 0 Å². The summed E-state index contributed by atoms with van der Waals surface area (Å²) in [5, 5.41) is 0. The van der Waals surface area contributed by atoms with Crippen molar-refractivity contribution in [2.45, 2.75) is 34.1 Å². The smallest absolute Gasteiger partial charge is 0.0664 e. The molecule has 0 aliphatic heterocycles. The van der Waals surface area contributed by atoms with Gasteiger partial charge in [-0.15, -0.1) is 0 Å². The van der Waals surface area contributed by atoms with Crippen molar-refractivity contribution in [2.75, 3.05) is 0 Å². The second-order valence-electron chi connectivity index (χ2n) is 6.07. The van der Waals surface area contributed by atoms with Crippen molar-refractivity contribution < 1.29 is 0 Å². The van der Waals surface area contributed by atoms with Gasteiger partial charge in [0.1, 0.15) is 0 Å². The van der Waals surface area contributed by atoms with Gasteiger partial charge in [-0.25, -0.2) is 0 Å². The van der Waals surface area contributed by atoms with Crippen LogP contribution in [0.1, 0.15) is 39.8 Å². The average molecular weight is 267 g/mol. The molecule has 0 saturated carbocycles. The molecule has 2 rings (SSSR count). The first-order valence-electron chi connectivity index (χ1n) is 7.51. The van der Waals surface area contributed by atoms with Crippen LogP contribution in [0.3, 0.4) is 0 Å². The maximum absolute atomic E-state index is 4.56.